The molecule has 0 radical (unpaired) electrons. The van der Waals surface area contributed by atoms with Gasteiger partial charge in [0.15, 0.2) is 0 Å². The van der Waals surface area contributed by atoms with Crippen LogP contribution in [0.2, 0.25) is 0 Å². The second kappa shape index (κ2) is 5.52. The third-order valence-electron chi connectivity index (χ3n) is 3.40. The van der Waals surface area contributed by atoms with Crippen LogP contribution in [0, 0.1) is 0 Å². The lowest BCUT2D eigenvalue weighted by Crippen LogP contribution is -2.59. The van der Waals surface area contributed by atoms with Gasteiger partial charge >= 0.3 is 5.97 Å². The van der Waals surface area contributed by atoms with E-state index >= 15 is 0 Å². The lowest BCUT2D eigenvalue weighted by molar-refractivity contribution is -0.141. The fourth-order valence-corrected chi connectivity index (χ4v) is 4.40. The summed E-state index contributed by atoms with van der Waals surface area (Å²) >= 11 is 0. The first-order valence-electron chi connectivity index (χ1n) is 6.05. The fraction of sp³-hybridized carbons (Fsp3) is 0.900. The Labute approximate surface area is 106 Å². The summed E-state index contributed by atoms with van der Waals surface area (Å²) in [4.78, 5) is 11.1. The molecule has 2 heterocycles. The highest BCUT2D eigenvalue weighted by atomic mass is 32.2. The van der Waals surface area contributed by atoms with Crippen molar-refractivity contribution >= 4 is 16.0 Å². The Kier molecular flexibility index (Phi) is 4.21. The van der Waals surface area contributed by atoms with Crippen molar-refractivity contribution < 1.29 is 23.1 Å². The molecule has 7 nitrogen and oxygen atoms in total. The maximum atomic E-state index is 12.4. The first-order valence-corrected chi connectivity index (χ1v) is 7.55. The van der Waals surface area contributed by atoms with Gasteiger partial charge in [-0.2, -0.15) is 4.31 Å². The molecule has 104 valence electrons. The van der Waals surface area contributed by atoms with Gasteiger partial charge in [0.05, 0.1) is 5.25 Å². The summed E-state index contributed by atoms with van der Waals surface area (Å²) in [6, 6.07) is -0.994. The number of hydrogen-bond acceptors (Lipinski definition) is 5. The maximum Gasteiger partial charge on any atom is 0.323 e. The monoisotopic (exact) mass is 278 g/mol. The van der Waals surface area contributed by atoms with Crippen LogP contribution >= 0.6 is 0 Å². The molecule has 0 aromatic carbocycles. The molecule has 0 aromatic heterocycles. The van der Waals surface area contributed by atoms with Crippen molar-refractivity contribution in [2.75, 3.05) is 32.8 Å². The Bertz CT molecular complexity index is 404. The molecule has 2 saturated heterocycles. The van der Waals surface area contributed by atoms with Crippen molar-refractivity contribution in [1.29, 1.82) is 0 Å². The van der Waals surface area contributed by atoms with Gasteiger partial charge in [0.25, 0.3) is 0 Å². The number of sulfonamides is 1. The third-order valence-corrected chi connectivity index (χ3v) is 5.80. The molecule has 2 aliphatic heterocycles. The van der Waals surface area contributed by atoms with Gasteiger partial charge in [0, 0.05) is 32.8 Å². The Balaban J connectivity index is 2.18. The number of aliphatic carboxylic acids is 1. The van der Waals surface area contributed by atoms with Gasteiger partial charge in [-0.1, -0.05) is 0 Å². The summed E-state index contributed by atoms with van der Waals surface area (Å²) in [7, 11) is -3.55. The van der Waals surface area contributed by atoms with E-state index in [-0.39, 0.29) is 13.1 Å². The topological polar surface area (TPSA) is 95.9 Å². The molecule has 0 spiro atoms. The number of carboxylic acid groups (broad SMARTS) is 1. The number of rotatable bonds is 3. The van der Waals surface area contributed by atoms with E-state index in [0.717, 1.165) is 4.31 Å². The Morgan fingerprint density at radius 2 is 2.00 bits per heavy atom. The van der Waals surface area contributed by atoms with Crippen molar-refractivity contribution in [2.45, 2.75) is 24.1 Å². The molecule has 2 rings (SSSR count). The Morgan fingerprint density at radius 1 is 1.33 bits per heavy atom. The van der Waals surface area contributed by atoms with Gasteiger partial charge in [-0.15, -0.1) is 0 Å². The standard InChI is InChI=1S/C10H18N2O5S/c13-10(14)9-7-11-3-4-12(9)18(15,16)8-1-5-17-6-2-8/h8-9,11H,1-7H2,(H,13,14). The van der Waals surface area contributed by atoms with E-state index in [1.54, 1.807) is 0 Å². The highest BCUT2D eigenvalue weighted by Gasteiger charge is 2.41. The molecule has 1 unspecified atom stereocenters. The van der Waals surface area contributed by atoms with Gasteiger partial charge in [0.2, 0.25) is 10.0 Å². The van der Waals surface area contributed by atoms with Gasteiger partial charge in [-0.25, -0.2) is 8.42 Å². The van der Waals surface area contributed by atoms with Crippen LogP contribution in [0.1, 0.15) is 12.8 Å². The van der Waals surface area contributed by atoms with Crippen LogP contribution in [-0.2, 0) is 19.6 Å². The number of piperazine rings is 1. The molecular formula is C10H18N2O5S. The molecule has 8 heteroatoms. The highest BCUT2D eigenvalue weighted by molar-refractivity contribution is 7.89. The lowest BCUT2D eigenvalue weighted by Gasteiger charge is -2.36. The first-order chi connectivity index (χ1) is 8.53. The fourth-order valence-electron chi connectivity index (χ4n) is 2.37. The van der Waals surface area contributed by atoms with Crippen molar-refractivity contribution in [2.24, 2.45) is 0 Å². The zero-order chi connectivity index (χ0) is 13.2. The van der Waals surface area contributed by atoms with Crippen LogP contribution in [0.5, 0.6) is 0 Å². The molecule has 0 amide bonds. The van der Waals surface area contributed by atoms with Crippen LogP contribution < -0.4 is 5.32 Å². The van der Waals surface area contributed by atoms with Crippen LogP contribution in [0.25, 0.3) is 0 Å². The number of ether oxygens (including phenoxy) is 1. The third kappa shape index (κ3) is 2.66. The lowest BCUT2D eigenvalue weighted by atomic mass is 10.2. The maximum absolute atomic E-state index is 12.4. The minimum atomic E-state index is -3.55. The average molecular weight is 278 g/mol. The molecule has 0 aliphatic carbocycles. The normalized spacial score (nSPS) is 28.1. The number of nitrogens with zero attached hydrogens (tertiary/aromatic N) is 1. The number of hydrogen-bond donors (Lipinski definition) is 2. The van der Waals surface area contributed by atoms with Crippen LogP contribution in [0.3, 0.4) is 0 Å². The average Bonchev–Trinajstić information content (AvgIpc) is 2.39. The van der Waals surface area contributed by atoms with E-state index in [1.807, 2.05) is 0 Å². The molecular weight excluding hydrogens is 260 g/mol. The van der Waals surface area contributed by atoms with Gasteiger partial charge in [-0.3, -0.25) is 4.79 Å². The zero-order valence-corrected chi connectivity index (χ0v) is 10.9. The van der Waals surface area contributed by atoms with Crippen LogP contribution in [-0.4, -0.2) is 67.9 Å². The van der Waals surface area contributed by atoms with E-state index in [2.05, 4.69) is 5.32 Å². The predicted octanol–water partition coefficient (Wildman–Crippen LogP) is -1.15. The summed E-state index contributed by atoms with van der Waals surface area (Å²) in [6.45, 7) is 1.72. The minimum absolute atomic E-state index is 0.164. The summed E-state index contributed by atoms with van der Waals surface area (Å²) < 4.78 is 31.2. The van der Waals surface area contributed by atoms with E-state index < -0.39 is 27.3 Å². The van der Waals surface area contributed by atoms with Crippen molar-refractivity contribution in [3.05, 3.63) is 0 Å². The second-order valence-electron chi connectivity index (χ2n) is 4.53. The summed E-state index contributed by atoms with van der Waals surface area (Å²) in [5.41, 5.74) is 0. The zero-order valence-electron chi connectivity index (χ0n) is 10.0. The molecule has 2 fully saturated rings. The van der Waals surface area contributed by atoms with Crippen molar-refractivity contribution in [1.82, 2.24) is 9.62 Å². The molecule has 18 heavy (non-hydrogen) atoms. The van der Waals surface area contributed by atoms with Crippen molar-refractivity contribution in [3.63, 3.8) is 0 Å². The van der Waals surface area contributed by atoms with Gasteiger partial charge < -0.3 is 15.2 Å². The Morgan fingerprint density at radius 3 is 2.61 bits per heavy atom. The van der Waals surface area contributed by atoms with Crippen LogP contribution in [0.15, 0.2) is 0 Å². The molecule has 0 aromatic rings. The first kappa shape index (κ1) is 13.7. The second-order valence-corrected chi connectivity index (χ2v) is 6.69. The minimum Gasteiger partial charge on any atom is -0.480 e. The van der Waals surface area contributed by atoms with E-state index in [4.69, 9.17) is 9.84 Å². The highest BCUT2D eigenvalue weighted by Crippen LogP contribution is 2.22. The Hall–Kier alpha value is -0.700. The number of carboxylic acids is 1. The summed E-state index contributed by atoms with van der Waals surface area (Å²) in [6.07, 6.45) is 0.886. The summed E-state index contributed by atoms with van der Waals surface area (Å²) in [5.74, 6) is -1.10. The largest absolute Gasteiger partial charge is 0.480 e. The SMILES string of the molecule is O=C(O)C1CNCCN1S(=O)(=O)C1CCOCC1. The molecule has 0 bridgehead atoms. The number of nitrogens with one attached hydrogen (secondary N) is 1. The number of carbonyl (C=O) groups is 1. The quantitative estimate of drug-likeness (QED) is 0.677. The molecule has 1 atom stereocenters. The van der Waals surface area contributed by atoms with Gasteiger partial charge in [0.1, 0.15) is 6.04 Å². The molecule has 2 N–H and O–H groups in total. The van der Waals surface area contributed by atoms with Crippen molar-refractivity contribution in [3.8, 4) is 0 Å². The predicted molar refractivity (Wildman–Crippen MR) is 63.8 cm³/mol. The molecule has 2 aliphatic rings. The van der Waals surface area contributed by atoms with Gasteiger partial charge in [-0.05, 0) is 12.8 Å². The van der Waals surface area contributed by atoms with Crippen LogP contribution in [0.4, 0.5) is 0 Å². The molecule has 0 saturated carbocycles. The smallest absolute Gasteiger partial charge is 0.323 e. The summed E-state index contributed by atoms with van der Waals surface area (Å²) in [5, 5.41) is 11.5. The van der Waals surface area contributed by atoms with E-state index in [9.17, 15) is 13.2 Å². The van der Waals surface area contributed by atoms with E-state index in [1.165, 1.54) is 0 Å². The van der Waals surface area contributed by atoms with E-state index in [0.29, 0.717) is 32.6 Å².